The van der Waals surface area contributed by atoms with Crippen LogP contribution in [0.2, 0.25) is 0 Å². The first kappa shape index (κ1) is 19.7. The molecule has 0 spiro atoms. The molecule has 3 aromatic rings. The van der Waals surface area contributed by atoms with Crippen molar-refractivity contribution in [3.05, 3.63) is 66.2 Å². The van der Waals surface area contributed by atoms with Gasteiger partial charge in [-0.15, -0.1) is 0 Å². The second-order valence-corrected chi connectivity index (χ2v) is 7.96. The van der Waals surface area contributed by atoms with Crippen LogP contribution in [0.25, 0.3) is 10.8 Å². The van der Waals surface area contributed by atoms with Gasteiger partial charge in [-0.1, -0.05) is 31.2 Å². The summed E-state index contributed by atoms with van der Waals surface area (Å²) in [4.78, 5) is 12.4. The lowest BCUT2D eigenvalue weighted by Crippen LogP contribution is -2.25. The van der Waals surface area contributed by atoms with Crippen LogP contribution in [-0.2, 0) is 10.0 Å². The monoisotopic (exact) mass is 398 g/mol. The van der Waals surface area contributed by atoms with Gasteiger partial charge in [-0.3, -0.25) is 9.52 Å². The van der Waals surface area contributed by atoms with Crippen LogP contribution in [0.4, 0.5) is 5.69 Å². The summed E-state index contributed by atoms with van der Waals surface area (Å²) < 4.78 is 33.5. The van der Waals surface area contributed by atoms with Crippen molar-refractivity contribution in [2.75, 3.05) is 18.4 Å². The molecule has 0 saturated carbocycles. The molecular weight excluding hydrogens is 376 g/mol. The van der Waals surface area contributed by atoms with E-state index in [9.17, 15) is 13.2 Å². The summed E-state index contributed by atoms with van der Waals surface area (Å²) in [5, 5.41) is 4.41. The van der Waals surface area contributed by atoms with Gasteiger partial charge in [-0.25, -0.2) is 8.42 Å². The van der Waals surface area contributed by atoms with E-state index in [1.165, 1.54) is 6.07 Å². The first-order valence-corrected chi connectivity index (χ1v) is 10.4. The molecule has 0 fully saturated rings. The summed E-state index contributed by atoms with van der Waals surface area (Å²) in [6.45, 7) is 2.47. The molecule has 2 N–H and O–H groups in total. The molecule has 0 aliphatic rings. The first-order valence-electron chi connectivity index (χ1n) is 8.92. The standard InChI is InChI=1S/C21H22N2O4S/c1-3-12-22-21(24)19-6-4-5-7-20(19)23-28(25,26)18-11-9-15-13-17(27-2)10-8-16(15)14-18/h4-11,13-14,23H,3,12H2,1-2H3,(H,22,24). The molecule has 0 bridgehead atoms. The number of methoxy groups -OCH3 is 1. The Bertz CT molecular complexity index is 1110. The summed E-state index contributed by atoms with van der Waals surface area (Å²) in [6.07, 6.45) is 0.793. The Labute approximate surface area is 164 Å². The number of carbonyl (C=O) groups is 1. The molecule has 28 heavy (non-hydrogen) atoms. The third-order valence-corrected chi connectivity index (χ3v) is 5.64. The van der Waals surface area contributed by atoms with Gasteiger partial charge in [0.1, 0.15) is 5.75 Å². The van der Waals surface area contributed by atoms with E-state index in [-0.39, 0.29) is 22.1 Å². The van der Waals surface area contributed by atoms with Gasteiger partial charge in [0.15, 0.2) is 0 Å². The van der Waals surface area contributed by atoms with Crippen molar-refractivity contribution in [3.63, 3.8) is 0 Å². The summed E-state index contributed by atoms with van der Waals surface area (Å²) in [5.41, 5.74) is 0.524. The minimum Gasteiger partial charge on any atom is -0.497 e. The fourth-order valence-corrected chi connectivity index (χ4v) is 3.92. The predicted octanol–water partition coefficient (Wildman–Crippen LogP) is 3.79. The molecule has 0 saturated heterocycles. The van der Waals surface area contributed by atoms with Crippen LogP contribution in [0.5, 0.6) is 5.75 Å². The number of carbonyl (C=O) groups excluding carboxylic acids is 1. The third-order valence-electron chi connectivity index (χ3n) is 4.28. The van der Waals surface area contributed by atoms with Gasteiger partial charge in [-0.05, 0) is 53.6 Å². The summed E-state index contributed by atoms with van der Waals surface area (Å²) >= 11 is 0. The lowest BCUT2D eigenvalue weighted by molar-refractivity contribution is 0.0954. The van der Waals surface area contributed by atoms with Crippen LogP contribution in [-0.4, -0.2) is 28.0 Å². The average Bonchev–Trinajstić information content (AvgIpc) is 2.71. The molecule has 3 rings (SSSR count). The second kappa shape index (κ2) is 8.31. The molecule has 3 aromatic carbocycles. The SMILES string of the molecule is CCCNC(=O)c1ccccc1NS(=O)(=O)c1ccc2cc(OC)ccc2c1. The van der Waals surface area contributed by atoms with Crippen molar-refractivity contribution in [2.45, 2.75) is 18.2 Å². The van der Waals surface area contributed by atoms with E-state index in [2.05, 4.69) is 10.0 Å². The van der Waals surface area contributed by atoms with Crippen LogP contribution in [0.3, 0.4) is 0 Å². The van der Waals surface area contributed by atoms with Gasteiger partial charge in [-0.2, -0.15) is 0 Å². The molecule has 0 aliphatic heterocycles. The van der Waals surface area contributed by atoms with Crippen LogP contribution in [0, 0.1) is 0 Å². The Hall–Kier alpha value is -3.06. The van der Waals surface area contributed by atoms with Crippen LogP contribution < -0.4 is 14.8 Å². The zero-order valence-electron chi connectivity index (χ0n) is 15.7. The maximum absolute atomic E-state index is 12.9. The second-order valence-electron chi connectivity index (χ2n) is 6.28. The number of fused-ring (bicyclic) bond motifs is 1. The highest BCUT2D eigenvalue weighted by Gasteiger charge is 2.19. The van der Waals surface area contributed by atoms with Gasteiger partial charge in [0, 0.05) is 6.54 Å². The van der Waals surface area contributed by atoms with E-state index in [1.54, 1.807) is 55.6 Å². The number of nitrogens with one attached hydrogen (secondary N) is 2. The van der Waals surface area contributed by atoms with E-state index in [0.717, 1.165) is 17.2 Å². The molecule has 0 aliphatic carbocycles. The van der Waals surface area contributed by atoms with Crippen molar-refractivity contribution >= 4 is 32.4 Å². The zero-order chi connectivity index (χ0) is 20.1. The van der Waals surface area contributed by atoms with Crippen molar-refractivity contribution in [1.29, 1.82) is 0 Å². The minimum absolute atomic E-state index is 0.119. The lowest BCUT2D eigenvalue weighted by Gasteiger charge is -2.13. The molecule has 6 nitrogen and oxygen atoms in total. The van der Waals surface area contributed by atoms with Crippen LogP contribution in [0.15, 0.2) is 65.6 Å². The topological polar surface area (TPSA) is 84.5 Å². The maximum atomic E-state index is 12.9. The largest absolute Gasteiger partial charge is 0.497 e. The van der Waals surface area contributed by atoms with Crippen LogP contribution >= 0.6 is 0 Å². The summed E-state index contributed by atoms with van der Waals surface area (Å²) in [7, 11) is -2.28. The Balaban J connectivity index is 1.92. The predicted molar refractivity (Wildman–Crippen MR) is 110 cm³/mol. The zero-order valence-corrected chi connectivity index (χ0v) is 16.5. The number of anilines is 1. The van der Waals surface area contributed by atoms with Crippen molar-refractivity contribution < 1.29 is 17.9 Å². The fraction of sp³-hybridized carbons (Fsp3) is 0.190. The molecular formula is C21H22N2O4S. The Morgan fingerprint density at radius 3 is 2.46 bits per heavy atom. The van der Waals surface area contributed by atoms with E-state index < -0.39 is 10.0 Å². The van der Waals surface area contributed by atoms with Gasteiger partial charge in [0.2, 0.25) is 0 Å². The highest BCUT2D eigenvalue weighted by atomic mass is 32.2. The van der Waals surface area contributed by atoms with E-state index in [1.807, 2.05) is 13.0 Å². The molecule has 146 valence electrons. The minimum atomic E-state index is -3.86. The van der Waals surface area contributed by atoms with Gasteiger partial charge >= 0.3 is 0 Å². The summed E-state index contributed by atoms with van der Waals surface area (Å²) in [6, 6.07) is 16.8. The number of benzene rings is 3. The average molecular weight is 398 g/mol. The highest BCUT2D eigenvalue weighted by Crippen LogP contribution is 2.25. The molecule has 0 heterocycles. The molecule has 0 aromatic heterocycles. The molecule has 0 radical (unpaired) electrons. The van der Waals surface area contributed by atoms with Gasteiger partial charge in [0.05, 0.1) is 23.3 Å². The Kier molecular flexibility index (Phi) is 5.84. The Morgan fingerprint density at radius 2 is 1.71 bits per heavy atom. The Morgan fingerprint density at radius 1 is 1.00 bits per heavy atom. The van der Waals surface area contributed by atoms with Crippen molar-refractivity contribution in [3.8, 4) is 5.75 Å². The molecule has 0 atom stereocenters. The number of amides is 1. The normalized spacial score (nSPS) is 11.2. The summed E-state index contributed by atoms with van der Waals surface area (Å²) in [5.74, 6) is 0.388. The number of hydrogen-bond donors (Lipinski definition) is 2. The van der Waals surface area contributed by atoms with Crippen molar-refractivity contribution in [1.82, 2.24) is 5.32 Å². The molecule has 1 amide bonds. The fourth-order valence-electron chi connectivity index (χ4n) is 2.80. The van der Waals surface area contributed by atoms with Crippen LogP contribution in [0.1, 0.15) is 23.7 Å². The third kappa shape index (κ3) is 4.26. The van der Waals surface area contributed by atoms with E-state index >= 15 is 0 Å². The lowest BCUT2D eigenvalue weighted by atomic mass is 10.1. The highest BCUT2D eigenvalue weighted by molar-refractivity contribution is 7.92. The first-order chi connectivity index (χ1) is 13.4. The van der Waals surface area contributed by atoms with Gasteiger partial charge in [0.25, 0.3) is 15.9 Å². The maximum Gasteiger partial charge on any atom is 0.261 e. The number of hydrogen-bond acceptors (Lipinski definition) is 4. The van der Waals surface area contributed by atoms with Gasteiger partial charge < -0.3 is 10.1 Å². The molecule has 7 heteroatoms. The smallest absolute Gasteiger partial charge is 0.261 e. The number of rotatable bonds is 7. The van der Waals surface area contributed by atoms with E-state index in [4.69, 9.17) is 4.74 Å². The number of sulfonamides is 1. The number of para-hydroxylation sites is 1. The quantitative estimate of drug-likeness (QED) is 0.634. The van der Waals surface area contributed by atoms with E-state index in [0.29, 0.717) is 12.3 Å². The van der Waals surface area contributed by atoms with Crippen molar-refractivity contribution in [2.24, 2.45) is 0 Å². The molecule has 0 unspecified atom stereocenters. The number of ether oxygens (including phenoxy) is 1.